The summed E-state index contributed by atoms with van der Waals surface area (Å²) in [5.41, 5.74) is 2.39. The van der Waals surface area contributed by atoms with Crippen molar-refractivity contribution in [2.75, 3.05) is 13.1 Å². The molecule has 2 fully saturated rings. The molecule has 2 aliphatic heterocycles. The zero-order valence-corrected chi connectivity index (χ0v) is 18.0. The van der Waals surface area contributed by atoms with Gasteiger partial charge in [0.15, 0.2) is 0 Å². The second kappa shape index (κ2) is 8.26. The van der Waals surface area contributed by atoms with Crippen molar-refractivity contribution in [3.8, 4) is 22.7 Å². The third kappa shape index (κ3) is 3.76. The molecule has 5 rings (SSSR count). The lowest BCUT2D eigenvalue weighted by atomic mass is 10.0. The van der Waals surface area contributed by atoms with Gasteiger partial charge in [0, 0.05) is 31.1 Å². The van der Waals surface area contributed by atoms with E-state index in [1.807, 2.05) is 42.2 Å². The molecule has 1 amide bonds. The fraction of sp³-hybridized carbons (Fsp3) is 0.478. The third-order valence-electron chi connectivity index (χ3n) is 6.49. The fourth-order valence-electron chi connectivity index (χ4n) is 5.08. The first kappa shape index (κ1) is 19.9. The maximum absolute atomic E-state index is 12.0. The maximum atomic E-state index is 12.0. The number of hydrogen-bond donors (Lipinski definition) is 0. The molecule has 2 aromatic heterocycles. The van der Waals surface area contributed by atoms with Crippen LogP contribution in [0, 0.1) is 6.92 Å². The van der Waals surface area contributed by atoms with Crippen LogP contribution in [0.5, 0.6) is 0 Å². The van der Waals surface area contributed by atoms with Crippen LogP contribution in [0.2, 0.25) is 0 Å². The van der Waals surface area contributed by atoms with Crippen molar-refractivity contribution in [3.63, 3.8) is 0 Å². The molecule has 0 aliphatic carbocycles. The Balaban J connectivity index is 1.36. The Labute approximate surface area is 181 Å². The zero-order chi connectivity index (χ0) is 21.4. The van der Waals surface area contributed by atoms with Crippen LogP contribution in [0.1, 0.15) is 44.3 Å². The highest BCUT2D eigenvalue weighted by molar-refractivity contribution is 5.77. The number of nitrogens with zero attached hydrogens (tertiary/aromatic N) is 5. The van der Waals surface area contributed by atoms with Crippen molar-refractivity contribution >= 4 is 5.91 Å². The van der Waals surface area contributed by atoms with Crippen molar-refractivity contribution in [1.29, 1.82) is 0 Å². The van der Waals surface area contributed by atoms with Crippen LogP contribution in [0.3, 0.4) is 0 Å². The molecule has 2 aliphatic rings. The smallest absolute Gasteiger partial charge is 0.253 e. The van der Waals surface area contributed by atoms with Crippen LogP contribution in [0.25, 0.3) is 22.7 Å². The van der Waals surface area contributed by atoms with E-state index in [4.69, 9.17) is 8.94 Å². The van der Waals surface area contributed by atoms with Gasteiger partial charge in [0.1, 0.15) is 17.0 Å². The summed E-state index contributed by atoms with van der Waals surface area (Å²) in [6, 6.07) is 10.5. The van der Waals surface area contributed by atoms with E-state index < -0.39 is 0 Å². The van der Waals surface area contributed by atoms with Crippen LogP contribution in [-0.2, 0) is 11.3 Å². The van der Waals surface area contributed by atoms with Crippen LogP contribution < -0.4 is 0 Å². The molecule has 8 heteroatoms. The first-order valence-corrected chi connectivity index (χ1v) is 11.0. The Bertz CT molecular complexity index is 1060. The second-order valence-corrected chi connectivity index (χ2v) is 8.43. The summed E-state index contributed by atoms with van der Waals surface area (Å²) in [4.78, 5) is 16.5. The van der Waals surface area contributed by atoms with Gasteiger partial charge >= 0.3 is 0 Å². The van der Waals surface area contributed by atoms with Crippen LogP contribution in [0.15, 0.2) is 39.3 Å². The lowest BCUT2D eigenvalue weighted by molar-refractivity contribution is -0.130. The normalized spacial score (nSPS) is 21.8. The summed E-state index contributed by atoms with van der Waals surface area (Å²) < 4.78 is 11.5. The highest BCUT2D eigenvalue weighted by Gasteiger charge is 2.39. The minimum atomic E-state index is 0.172. The molecule has 0 radical (unpaired) electrons. The molecule has 0 saturated carbocycles. The first-order valence-electron chi connectivity index (χ1n) is 11.0. The molecular formula is C23H27N5O3. The molecule has 0 spiro atoms. The van der Waals surface area contributed by atoms with Gasteiger partial charge in [-0.15, -0.1) is 10.2 Å². The number of aromatic nitrogens is 3. The van der Waals surface area contributed by atoms with Crippen LogP contribution in [-0.4, -0.2) is 56.2 Å². The number of rotatable bonds is 5. The minimum Gasteiger partial charge on any atom is -0.419 e. The number of carbonyl (C=O) groups excluding carboxylic acids is 1. The first-order chi connectivity index (χ1) is 15.1. The Kier molecular flexibility index (Phi) is 5.31. The number of likely N-dealkylation sites (tertiary alicyclic amines) is 2. The van der Waals surface area contributed by atoms with E-state index in [0.29, 0.717) is 35.8 Å². The van der Waals surface area contributed by atoms with Gasteiger partial charge in [-0.2, -0.15) is 0 Å². The summed E-state index contributed by atoms with van der Waals surface area (Å²) in [5, 5.41) is 12.8. The molecule has 0 N–H and O–H groups in total. The van der Waals surface area contributed by atoms with Gasteiger partial charge in [0.05, 0.1) is 6.54 Å². The van der Waals surface area contributed by atoms with Crippen molar-refractivity contribution in [2.45, 2.75) is 58.2 Å². The highest BCUT2D eigenvalue weighted by Crippen LogP contribution is 2.34. The minimum absolute atomic E-state index is 0.172. The Morgan fingerprint density at radius 3 is 2.68 bits per heavy atom. The Morgan fingerprint density at radius 1 is 1.10 bits per heavy atom. The lowest BCUT2D eigenvalue weighted by Crippen LogP contribution is -2.47. The predicted molar refractivity (Wildman–Crippen MR) is 114 cm³/mol. The maximum Gasteiger partial charge on any atom is 0.253 e. The second-order valence-electron chi connectivity index (χ2n) is 8.43. The summed E-state index contributed by atoms with van der Waals surface area (Å²) in [5.74, 6) is 1.82. The van der Waals surface area contributed by atoms with Gasteiger partial charge < -0.3 is 13.8 Å². The number of aryl methyl sites for hydroxylation is 1. The molecule has 2 saturated heterocycles. The number of amides is 1. The summed E-state index contributed by atoms with van der Waals surface area (Å²) >= 11 is 0. The average molecular weight is 422 g/mol. The molecule has 31 heavy (non-hydrogen) atoms. The van der Waals surface area contributed by atoms with Crippen molar-refractivity contribution in [2.24, 2.45) is 0 Å². The van der Waals surface area contributed by atoms with Gasteiger partial charge in [-0.25, -0.2) is 0 Å². The standard InChI is InChI=1S/C23H27N5O3/c1-15-21(22(26-31-15)17-8-4-3-5-9-17)23-25-24-20(30-23)14-27-12-6-10-18(27)19-11-7-13-28(19)16(2)29/h3-5,8-9,18-19H,6-7,10-14H2,1-2H3/t18-,19-/m1/s1. The third-order valence-corrected chi connectivity index (χ3v) is 6.49. The van der Waals surface area contributed by atoms with E-state index >= 15 is 0 Å². The number of benzene rings is 1. The number of hydrogen-bond acceptors (Lipinski definition) is 7. The van der Waals surface area contributed by atoms with Gasteiger partial charge in [-0.05, 0) is 39.2 Å². The molecular weight excluding hydrogens is 394 g/mol. The van der Waals surface area contributed by atoms with E-state index in [9.17, 15) is 4.79 Å². The van der Waals surface area contributed by atoms with Crippen molar-refractivity contribution < 1.29 is 13.7 Å². The van der Waals surface area contributed by atoms with Crippen LogP contribution in [0.4, 0.5) is 0 Å². The molecule has 8 nitrogen and oxygen atoms in total. The summed E-state index contributed by atoms with van der Waals surface area (Å²) in [6.45, 7) is 5.96. The predicted octanol–water partition coefficient (Wildman–Crippen LogP) is 3.68. The van der Waals surface area contributed by atoms with Crippen LogP contribution >= 0.6 is 0 Å². The van der Waals surface area contributed by atoms with E-state index in [1.165, 1.54) is 0 Å². The molecule has 3 aromatic rings. The molecule has 0 bridgehead atoms. The molecule has 2 atom stereocenters. The van der Waals surface area contributed by atoms with Gasteiger partial charge in [-0.3, -0.25) is 9.69 Å². The van der Waals surface area contributed by atoms with Crippen molar-refractivity contribution in [1.82, 2.24) is 25.2 Å². The Hall–Kier alpha value is -3.00. The Morgan fingerprint density at radius 2 is 1.87 bits per heavy atom. The monoisotopic (exact) mass is 421 g/mol. The van der Waals surface area contributed by atoms with E-state index in [0.717, 1.165) is 49.9 Å². The number of carbonyl (C=O) groups is 1. The molecule has 0 unspecified atom stereocenters. The molecule has 4 heterocycles. The zero-order valence-electron chi connectivity index (χ0n) is 18.0. The molecule has 162 valence electrons. The topological polar surface area (TPSA) is 88.5 Å². The highest BCUT2D eigenvalue weighted by atomic mass is 16.5. The quantitative estimate of drug-likeness (QED) is 0.621. The largest absolute Gasteiger partial charge is 0.419 e. The van der Waals surface area contributed by atoms with Crippen molar-refractivity contribution in [3.05, 3.63) is 42.0 Å². The van der Waals surface area contributed by atoms with Gasteiger partial charge in [-0.1, -0.05) is 35.5 Å². The van der Waals surface area contributed by atoms with Gasteiger partial charge in [0.2, 0.25) is 11.8 Å². The SMILES string of the molecule is CC(=O)N1CCC[C@@H]1[C@H]1CCCN1Cc1nnc(-c2c(-c3ccccc3)noc2C)o1. The lowest BCUT2D eigenvalue weighted by Gasteiger charge is -2.34. The summed E-state index contributed by atoms with van der Waals surface area (Å²) in [7, 11) is 0. The average Bonchev–Trinajstić information content (AvgIpc) is 3.55. The van der Waals surface area contributed by atoms with Gasteiger partial charge in [0.25, 0.3) is 5.89 Å². The fourth-order valence-corrected chi connectivity index (χ4v) is 5.08. The van der Waals surface area contributed by atoms with E-state index in [-0.39, 0.29) is 11.9 Å². The summed E-state index contributed by atoms with van der Waals surface area (Å²) in [6.07, 6.45) is 4.36. The molecule has 1 aromatic carbocycles. The van der Waals surface area contributed by atoms with E-state index in [1.54, 1.807) is 6.92 Å². The van der Waals surface area contributed by atoms with E-state index in [2.05, 4.69) is 20.3 Å².